The molecule has 0 unspecified atom stereocenters. The molecule has 7 nitrogen and oxygen atoms in total. The first-order valence-electron chi connectivity index (χ1n) is 8.40. The number of nitrogens with one attached hydrogen (secondary N) is 2. The summed E-state index contributed by atoms with van der Waals surface area (Å²) in [6.45, 7) is 0.404. The molecule has 0 fully saturated rings. The highest BCUT2D eigenvalue weighted by Gasteiger charge is 2.10. The maximum atomic E-state index is 12.4. The summed E-state index contributed by atoms with van der Waals surface area (Å²) in [5.74, 6) is 0.0676. The minimum atomic E-state index is -0.270. The third kappa shape index (κ3) is 3.87. The molecule has 1 amide bonds. The van der Waals surface area contributed by atoms with Crippen LogP contribution in [-0.4, -0.2) is 25.8 Å². The van der Waals surface area contributed by atoms with Crippen molar-refractivity contribution in [1.29, 1.82) is 0 Å². The summed E-state index contributed by atoms with van der Waals surface area (Å²) < 4.78 is 0. The average molecular weight is 356 g/mol. The van der Waals surface area contributed by atoms with Crippen LogP contribution in [0, 0.1) is 0 Å². The first-order chi connectivity index (χ1) is 13.3. The first kappa shape index (κ1) is 16.6. The topological polar surface area (TPSA) is 92.7 Å². The predicted molar refractivity (Wildman–Crippen MR) is 102 cm³/mol. The van der Waals surface area contributed by atoms with Crippen LogP contribution in [0.1, 0.15) is 16.1 Å². The fourth-order valence-electron chi connectivity index (χ4n) is 2.64. The molecular formula is C20H16N6O. The highest BCUT2D eigenvalue weighted by Crippen LogP contribution is 2.22. The molecule has 4 rings (SSSR count). The highest BCUT2D eigenvalue weighted by atomic mass is 16.1. The molecule has 3 heterocycles. The largest absolute Gasteiger partial charge is 0.347 e. The van der Waals surface area contributed by atoms with E-state index in [-0.39, 0.29) is 11.6 Å². The summed E-state index contributed by atoms with van der Waals surface area (Å²) >= 11 is 0. The van der Waals surface area contributed by atoms with Crippen molar-refractivity contribution in [2.24, 2.45) is 0 Å². The summed E-state index contributed by atoms with van der Waals surface area (Å²) in [4.78, 5) is 29.2. The van der Waals surface area contributed by atoms with Crippen LogP contribution in [0.2, 0.25) is 0 Å². The molecule has 4 aromatic rings. The number of rotatable bonds is 5. The minimum Gasteiger partial charge on any atom is -0.347 e. The van der Waals surface area contributed by atoms with E-state index < -0.39 is 0 Å². The molecule has 0 aliphatic heterocycles. The molecule has 0 saturated heterocycles. The second kappa shape index (κ2) is 7.57. The summed E-state index contributed by atoms with van der Waals surface area (Å²) in [5.41, 5.74) is 2.85. The smallest absolute Gasteiger partial charge is 0.270 e. The van der Waals surface area contributed by atoms with Gasteiger partial charge in [-0.3, -0.25) is 14.8 Å². The van der Waals surface area contributed by atoms with Gasteiger partial charge in [-0.1, -0.05) is 18.2 Å². The van der Waals surface area contributed by atoms with Crippen molar-refractivity contribution in [3.63, 3.8) is 0 Å². The fraction of sp³-hybridized carbons (Fsp3) is 0.0500. The van der Waals surface area contributed by atoms with Crippen LogP contribution in [0.4, 0.5) is 11.6 Å². The molecule has 0 spiro atoms. The number of para-hydroxylation sites is 1. The van der Waals surface area contributed by atoms with Crippen LogP contribution in [0.3, 0.4) is 0 Å². The van der Waals surface area contributed by atoms with Crippen LogP contribution < -0.4 is 10.6 Å². The lowest BCUT2D eigenvalue weighted by Gasteiger charge is -2.09. The molecule has 2 N–H and O–H groups in total. The van der Waals surface area contributed by atoms with Gasteiger partial charge >= 0.3 is 0 Å². The molecule has 1 aromatic carbocycles. The number of nitrogens with zero attached hydrogens (tertiary/aromatic N) is 4. The van der Waals surface area contributed by atoms with Crippen molar-refractivity contribution in [3.8, 4) is 0 Å². The van der Waals surface area contributed by atoms with E-state index in [0.29, 0.717) is 12.5 Å². The molecule has 0 aliphatic carbocycles. The van der Waals surface area contributed by atoms with Crippen molar-refractivity contribution in [2.75, 3.05) is 5.32 Å². The molecule has 27 heavy (non-hydrogen) atoms. The van der Waals surface area contributed by atoms with Crippen LogP contribution >= 0.6 is 0 Å². The standard InChI is InChI=1S/C20H16N6O/c27-19(24-13-14-6-10-21-11-7-14)17-8-12-23-20(26-17)25-16-5-1-3-15-4-2-9-22-18(15)16/h1-12H,13H2,(H,24,27)(H,23,25,26). The number of hydrogen-bond acceptors (Lipinski definition) is 6. The summed E-state index contributed by atoms with van der Waals surface area (Å²) in [6.07, 6.45) is 6.66. The van der Waals surface area contributed by atoms with Crippen LogP contribution in [0.25, 0.3) is 10.9 Å². The SMILES string of the molecule is O=C(NCc1ccncc1)c1ccnc(Nc2cccc3cccnc23)n1. The first-order valence-corrected chi connectivity index (χ1v) is 8.40. The lowest BCUT2D eigenvalue weighted by molar-refractivity contribution is 0.0946. The average Bonchev–Trinajstić information content (AvgIpc) is 2.73. The second-order valence-corrected chi connectivity index (χ2v) is 5.81. The number of pyridine rings is 2. The van der Waals surface area contributed by atoms with Gasteiger partial charge in [0.25, 0.3) is 5.91 Å². The zero-order chi connectivity index (χ0) is 18.5. The number of aromatic nitrogens is 4. The number of benzene rings is 1. The maximum Gasteiger partial charge on any atom is 0.270 e. The van der Waals surface area contributed by atoms with Gasteiger partial charge in [-0.05, 0) is 35.9 Å². The zero-order valence-corrected chi connectivity index (χ0v) is 14.3. The summed E-state index contributed by atoms with van der Waals surface area (Å²) in [6, 6.07) is 15.0. The molecule has 132 valence electrons. The Morgan fingerprint density at radius 1 is 0.889 bits per heavy atom. The van der Waals surface area contributed by atoms with Gasteiger partial charge in [0.15, 0.2) is 0 Å². The van der Waals surface area contributed by atoms with Crippen molar-refractivity contribution >= 4 is 28.4 Å². The minimum absolute atomic E-state index is 0.270. The van der Waals surface area contributed by atoms with Gasteiger partial charge in [-0.25, -0.2) is 9.97 Å². The van der Waals surface area contributed by atoms with Gasteiger partial charge in [-0.15, -0.1) is 0 Å². The molecule has 0 bridgehead atoms. The maximum absolute atomic E-state index is 12.4. The Bertz CT molecular complexity index is 1080. The van der Waals surface area contributed by atoms with Gasteiger partial charge in [-0.2, -0.15) is 0 Å². The Morgan fingerprint density at radius 3 is 2.63 bits per heavy atom. The Hall–Kier alpha value is -3.87. The quantitative estimate of drug-likeness (QED) is 0.571. The van der Waals surface area contributed by atoms with E-state index in [4.69, 9.17) is 0 Å². The van der Waals surface area contributed by atoms with Crippen molar-refractivity contribution in [1.82, 2.24) is 25.3 Å². The monoisotopic (exact) mass is 356 g/mol. The molecule has 0 saturated carbocycles. The van der Waals surface area contributed by atoms with E-state index in [0.717, 1.165) is 22.2 Å². The van der Waals surface area contributed by atoms with Crippen molar-refractivity contribution < 1.29 is 4.79 Å². The Kier molecular flexibility index (Phi) is 4.65. The van der Waals surface area contributed by atoms with Gasteiger partial charge in [0.2, 0.25) is 5.95 Å². The second-order valence-electron chi connectivity index (χ2n) is 5.81. The predicted octanol–water partition coefficient (Wildman–Crippen LogP) is 3.09. The number of carbonyl (C=O) groups excluding carboxylic acids is 1. The van der Waals surface area contributed by atoms with E-state index in [1.165, 1.54) is 0 Å². The van der Waals surface area contributed by atoms with E-state index in [1.54, 1.807) is 30.9 Å². The summed E-state index contributed by atoms with van der Waals surface area (Å²) in [7, 11) is 0. The van der Waals surface area contributed by atoms with E-state index >= 15 is 0 Å². The van der Waals surface area contributed by atoms with Gasteiger partial charge < -0.3 is 10.6 Å². The molecule has 0 aliphatic rings. The Morgan fingerprint density at radius 2 is 1.74 bits per heavy atom. The number of anilines is 2. The highest BCUT2D eigenvalue weighted by molar-refractivity contribution is 5.93. The number of hydrogen-bond donors (Lipinski definition) is 2. The molecular weight excluding hydrogens is 340 g/mol. The van der Waals surface area contributed by atoms with Crippen LogP contribution in [0.15, 0.2) is 73.3 Å². The Balaban J connectivity index is 1.51. The zero-order valence-electron chi connectivity index (χ0n) is 14.3. The van der Waals surface area contributed by atoms with Crippen molar-refractivity contribution in [3.05, 3.63) is 84.6 Å². The normalized spacial score (nSPS) is 10.5. The third-order valence-corrected chi connectivity index (χ3v) is 3.97. The van der Waals surface area contributed by atoms with Gasteiger partial charge in [0.05, 0.1) is 11.2 Å². The fourth-order valence-corrected chi connectivity index (χ4v) is 2.64. The molecule has 0 atom stereocenters. The third-order valence-electron chi connectivity index (χ3n) is 3.97. The van der Waals surface area contributed by atoms with Crippen molar-refractivity contribution in [2.45, 2.75) is 6.54 Å². The Labute approximate surface area is 155 Å². The molecule has 7 heteroatoms. The molecule has 0 radical (unpaired) electrons. The lowest BCUT2D eigenvalue weighted by Crippen LogP contribution is -2.24. The van der Waals surface area contributed by atoms with E-state index in [2.05, 4.69) is 30.6 Å². The number of fused-ring (bicyclic) bond motifs is 1. The van der Waals surface area contributed by atoms with Gasteiger partial charge in [0.1, 0.15) is 5.69 Å². The number of amides is 1. The van der Waals surface area contributed by atoms with Gasteiger partial charge in [0, 0.05) is 36.7 Å². The summed E-state index contributed by atoms with van der Waals surface area (Å²) in [5, 5.41) is 6.99. The molecule has 3 aromatic heterocycles. The van der Waals surface area contributed by atoms with Crippen LogP contribution in [0.5, 0.6) is 0 Å². The number of carbonyl (C=O) groups is 1. The van der Waals surface area contributed by atoms with E-state index in [9.17, 15) is 4.79 Å². The lowest BCUT2D eigenvalue weighted by atomic mass is 10.2. The van der Waals surface area contributed by atoms with Crippen LogP contribution in [-0.2, 0) is 6.54 Å². The van der Waals surface area contributed by atoms with E-state index in [1.807, 2.05) is 42.5 Å².